The number of hydrogen-bond acceptors (Lipinski definition) is 4. The molecule has 0 saturated heterocycles. The summed E-state index contributed by atoms with van der Waals surface area (Å²) in [4.78, 5) is 17.1. The molecule has 0 N–H and O–H groups in total. The van der Waals surface area contributed by atoms with E-state index in [-0.39, 0.29) is 5.78 Å². The molecule has 0 heterocycles. The number of benzene rings is 3. The molecule has 0 saturated carbocycles. The van der Waals surface area contributed by atoms with E-state index in [1.807, 2.05) is 76.7 Å². The van der Waals surface area contributed by atoms with Gasteiger partial charge in [0.15, 0.2) is 5.78 Å². The molecule has 0 radical (unpaired) electrons. The van der Waals surface area contributed by atoms with Gasteiger partial charge < -0.3 is 14.5 Å². The van der Waals surface area contributed by atoms with Crippen molar-refractivity contribution >= 4 is 11.9 Å². The van der Waals surface area contributed by atoms with Crippen LogP contribution in [-0.2, 0) is 6.54 Å². The molecule has 0 aromatic heterocycles. The number of ether oxygens (including phenoxy) is 1. The standard InChI is InChI=1S/C29H34N2O2/c1-22-9-6-7-12-27(22)24-14-16-29(33-18-17-30(2)3)26(20-24)13-15-28(32)25-11-8-10-23(19-25)21-31(4)5/h6-16,19-20H,17-18,21H2,1-5H3. The van der Waals surface area contributed by atoms with Crippen molar-refractivity contribution in [2.75, 3.05) is 41.3 Å². The van der Waals surface area contributed by atoms with E-state index in [9.17, 15) is 4.79 Å². The van der Waals surface area contributed by atoms with Crippen LogP contribution in [0.3, 0.4) is 0 Å². The van der Waals surface area contributed by atoms with Gasteiger partial charge in [-0.15, -0.1) is 0 Å². The third kappa shape index (κ3) is 7.14. The van der Waals surface area contributed by atoms with Crippen molar-refractivity contribution in [3.05, 3.63) is 95.1 Å². The maximum Gasteiger partial charge on any atom is 0.185 e. The molecule has 0 aliphatic carbocycles. The fraction of sp³-hybridized carbons (Fsp3) is 0.276. The summed E-state index contributed by atoms with van der Waals surface area (Å²) in [7, 11) is 8.09. The van der Waals surface area contributed by atoms with Crippen molar-refractivity contribution in [2.45, 2.75) is 13.5 Å². The second-order valence-electron chi connectivity index (χ2n) is 8.86. The molecule has 0 bridgehead atoms. The molecule has 33 heavy (non-hydrogen) atoms. The monoisotopic (exact) mass is 442 g/mol. The van der Waals surface area contributed by atoms with Crippen molar-refractivity contribution in [3.63, 3.8) is 0 Å². The number of hydrogen-bond donors (Lipinski definition) is 0. The molecule has 0 aliphatic rings. The van der Waals surface area contributed by atoms with Gasteiger partial charge in [-0.25, -0.2) is 0 Å². The normalized spacial score (nSPS) is 11.5. The van der Waals surface area contributed by atoms with Gasteiger partial charge in [0.05, 0.1) is 0 Å². The van der Waals surface area contributed by atoms with Crippen LogP contribution in [0.15, 0.2) is 72.8 Å². The Labute approximate surface area is 198 Å². The molecule has 3 aromatic rings. The molecule has 4 nitrogen and oxygen atoms in total. The number of carbonyl (C=O) groups excluding carboxylic acids is 1. The predicted octanol–water partition coefficient (Wildman–Crippen LogP) is 5.56. The Kier molecular flexibility index (Phi) is 8.58. The topological polar surface area (TPSA) is 32.8 Å². The fourth-order valence-corrected chi connectivity index (χ4v) is 3.66. The second kappa shape index (κ2) is 11.6. The van der Waals surface area contributed by atoms with Gasteiger partial charge in [0.1, 0.15) is 12.4 Å². The predicted molar refractivity (Wildman–Crippen MR) is 138 cm³/mol. The Morgan fingerprint density at radius 1 is 0.909 bits per heavy atom. The van der Waals surface area contributed by atoms with Gasteiger partial charge in [0.25, 0.3) is 0 Å². The van der Waals surface area contributed by atoms with Gasteiger partial charge in [-0.05, 0) is 87.7 Å². The Hall–Kier alpha value is -3.21. The SMILES string of the molecule is Cc1ccccc1-c1ccc(OCCN(C)C)c(C=CC(=O)c2cccc(CN(C)C)c2)c1. The first-order chi connectivity index (χ1) is 15.8. The van der Waals surface area contributed by atoms with E-state index in [1.165, 1.54) is 11.1 Å². The maximum absolute atomic E-state index is 12.9. The zero-order valence-corrected chi connectivity index (χ0v) is 20.3. The summed E-state index contributed by atoms with van der Waals surface area (Å²) < 4.78 is 6.06. The second-order valence-corrected chi connectivity index (χ2v) is 8.86. The first-order valence-electron chi connectivity index (χ1n) is 11.3. The van der Waals surface area contributed by atoms with Crippen LogP contribution in [0, 0.1) is 6.92 Å². The number of likely N-dealkylation sites (N-methyl/N-ethyl adjacent to an activating group) is 1. The lowest BCUT2D eigenvalue weighted by Gasteiger charge is -2.14. The van der Waals surface area contributed by atoms with Crippen LogP contribution in [0.1, 0.15) is 27.0 Å². The molecule has 3 rings (SSSR count). The smallest absolute Gasteiger partial charge is 0.185 e. The van der Waals surface area contributed by atoms with E-state index in [0.29, 0.717) is 12.2 Å². The fourth-order valence-electron chi connectivity index (χ4n) is 3.66. The summed E-state index contributed by atoms with van der Waals surface area (Å²) in [6, 6.07) is 22.3. The maximum atomic E-state index is 12.9. The summed E-state index contributed by atoms with van der Waals surface area (Å²) in [5.74, 6) is 0.760. The Balaban J connectivity index is 1.89. The number of ketones is 1. The van der Waals surface area contributed by atoms with Crippen LogP contribution < -0.4 is 4.74 Å². The Morgan fingerprint density at radius 3 is 2.42 bits per heavy atom. The lowest BCUT2D eigenvalue weighted by Crippen LogP contribution is -2.19. The molecular weight excluding hydrogens is 408 g/mol. The summed E-state index contributed by atoms with van der Waals surface area (Å²) in [5.41, 5.74) is 6.20. The number of nitrogens with zero attached hydrogens (tertiary/aromatic N) is 2. The van der Waals surface area contributed by atoms with Crippen LogP contribution >= 0.6 is 0 Å². The van der Waals surface area contributed by atoms with Crippen LogP contribution in [0.2, 0.25) is 0 Å². The Morgan fingerprint density at radius 2 is 1.70 bits per heavy atom. The molecule has 0 aliphatic heterocycles. The number of carbonyl (C=O) groups is 1. The molecule has 4 heteroatoms. The van der Waals surface area contributed by atoms with Crippen LogP contribution in [-0.4, -0.2) is 56.9 Å². The van der Waals surface area contributed by atoms with Crippen molar-refractivity contribution in [1.29, 1.82) is 0 Å². The van der Waals surface area contributed by atoms with Crippen molar-refractivity contribution in [1.82, 2.24) is 9.80 Å². The van der Waals surface area contributed by atoms with Crippen molar-refractivity contribution < 1.29 is 9.53 Å². The van der Waals surface area contributed by atoms with E-state index in [1.54, 1.807) is 6.08 Å². The van der Waals surface area contributed by atoms with Crippen LogP contribution in [0.4, 0.5) is 0 Å². The van der Waals surface area contributed by atoms with Crippen molar-refractivity contribution in [2.24, 2.45) is 0 Å². The molecule has 0 fully saturated rings. The minimum Gasteiger partial charge on any atom is -0.492 e. The highest BCUT2D eigenvalue weighted by Gasteiger charge is 2.09. The molecule has 0 atom stereocenters. The highest BCUT2D eigenvalue weighted by Crippen LogP contribution is 2.30. The van der Waals surface area contributed by atoms with E-state index in [0.717, 1.165) is 35.5 Å². The minimum absolute atomic E-state index is 0.0175. The first kappa shape index (κ1) is 24.4. The van der Waals surface area contributed by atoms with E-state index < -0.39 is 0 Å². The van der Waals surface area contributed by atoms with Crippen LogP contribution in [0.25, 0.3) is 17.2 Å². The summed E-state index contributed by atoms with van der Waals surface area (Å²) in [5, 5.41) is 0. The molecule has 172 valence electrons. The van der Waals surface area contributed by atoms with Gasteiger partial charge in [-0.1, -0.05) is 48.5 Å². The molecule has 0 unspecified atom stereocenters. The lowest BCUT2D eigenvalue weighted by molar-refractivity contribution is 0.104. The first-order valence-corrected chi connectivity index (χ1v) is 11.3. The van der Waals surface area contributed by atoms with E-state index >= 15 is 0 Å². The van der Waals surface area contributed by atoms with Crippen LogP contribution in [0.5, 0.6) is 5.75 Å². The number of allylic oxidation sites excluding steroid dienone is 1. The highest BCUT2D eigenvalue weighted by molar-refractivity contribution is 6.07. The molecule has 0 amide bonds. The van der Waals surface area contributed by atoms with E-state index in [4.69, 9.17) is 4.74 Å². The molecule has 0 spiro atoms. The van der Waals surface area contributed by atoms with Gasteiger partial charge >= 0.3 is 0 Å². The minimum atomic E-state index is -0.0175. The summed E-state index contributed by atoms with van der Waals surface area (Å²) in [6.07, 6.45) is 3.51. The van der Waals surface area contributed by atoms with Crippen molar-refractivity contribution in [3.8, 4) is 16.9 Å². The highest BCUT2D eigenvalue weighted by atomic mass is 16.5. The molecular formula is C29H34N2O2. The Bertz CT molecular complexity index is 1120. The van der Waals surface area contributed by atoms with Gasteiger partial charge in [0.2, 0.25) is 0 Å². The average molecular weight is 443 g/mol. The zero-order chi connectivity index (χ0) is 23.8. The lowest BCUT2D eigenvalue weighted by atomic mass is 9.98. The number of aryl methyl sites for hydroxylation is 1. The molecule has 3 aromatic carbocycles. The quantitative estimate of drug-likeness (QED) is 0.304. The van der Waals surface area contributed by atoms with Gasteiger partial charge in [-0.2, -0.15) is 0 Å². The average Bonchev–Trinajstić information content (AvgIpc) is 2.78. The van der Waals surface area contributed by atoms with Gasteiger partial charge in [0, 0.05) is 24.2 Å². The summed E-state index contributed by atoms with van der Waals surface area (Å²) >= 11 is 0. The third-order valence-electron chi connectivity index (χ3n) is 5.39. The van der Waals surface area contributed by atoms with E-state index in [2.05, 4.69) is 41.0 Å². The van der Waals surface area contributed by atoms with Gasteiger partial charge in [-0.3, -0.25) is 4.79 Å². The number of rotatable bonds is 10. The third-order valence-corrected chi connectivity index (χ3v) is 5.39. The summed E-state index contributed by atoms with van der Waals surface area (Å²) in [6.45, 7) is 4.31. The zero-order valence-electron chi connectivity index (χ0n) is 20.3. The largest absolute Gasteiger partial charge is 0.492 e.